The van der Waals surface area contributed by atoms with Crippen LogP contribution in [0.2, 0.25) is 5.15 Å². The molecular formula is C7H6ClN5S3. The first-order valence-corrected chi connectivity index (χ1v) is 7.26. The van der Waals surface area contributed by atoms with Gasteiger partial charge in [0.25, 0.3) is 0 Å². The van der Waals surface area contributed by atoms with Crippen LogP contribution in [0.3, 0.4) is 0 Å². The normalized spacial score (nSPS) is 10.6. The van der Waals surface area contributed by atoms with Gasteiger partial charge < -0.3 is 5.73 Å². The lowest BCUT2D eigenvalue weighted by Crippen LogP contribution is -1.95. The second kappa shape index (κ2) is 5.17. The van der Waals surface area contributed by atoms with Gasteiger partial charge in [-0.1, -0.05) is 34.7 Å². The van der Waals surface area contributed by atoms with E-state index in [2.05, 4.69) is 20.2 Å². The van der Waals surface area contributed by atoms with Crippen LogP contribution >= 0.6 is 46.5 Å². The Morgan fingerprint density at radius 3 is 2.69 bits per heavy atom. The first-order chi connectivity index (χ1) is 7.67. The van der Waals surface area contributed by atoms with Gasteiger partial charge in [0.2, 0.25) is 5.95 Å². The molecule has 2 N–H and O–H groups in total. The van der Waals surface area contributed by atoms with Crippen LogP contribution in [-0.2, 0) is 0 Å². The summed E-state index contributed by atoms with van der Waals surface area (Å²) in [4.78, 5) is 7.82. The first-order valence-electron chi connectivity index (χ1n) is 4.03. The van der Waals surface area contributed by atoms with Crippen LogP contribution in [0.4, 0.5) is 5.95 Å². The van der Waals surface area contributed by atoms with Crippen LogP contribution in [0.15, 0.2) is 19.8 Å². The number of halogens is 1. The lowest BCUT2D eigenvalue weighted by molar-refractivity contribution is 0.952. The van der Waals surface area contributed by atoms with E-state index in [0.29, 0.717) is 10.2 Å². The fourth-order valence-electron chi connectivity index (χ4n) is 0.876. The second-order valence-corrected chi connectivity index (χ2v) is 6.21. The molecule has 0 radical (unpaired) electrons. The van der Waals surface area contributed by atoms with Crippen molar-refractivity contribution in [3.8, 4) is 0 Å². The van der Waals surface area contributed by atoms with Gasteiger partial charge in [0.05, 0.1) is 0 Å². The van der Waals surface area contributed by atoms with Crippen molar-refractivity contribution in [1.82, 2.24) is 20.2 Å². The highest BCUT2D eigenvalue weighted by Crippen LogP contribution is 2.32. The average Bonchev–Trinajstić information content (AvgIpc) is 2.64. The molecule has 0 amide bonds. The number of thioether (sulfide) groups is 1. The summed E-state index contributed by atoms with van der Waals surface area (Å²) in [6, 6.07) is 1.64. The summed E-state index contributed by atoms with van der Waals surface area (Å²) in [5.41, 5.74) is 5.49. The lowest BCUT2D eigenvalue weighted by Gasteiger charge is -1.98. The molecule has 2 rings (SSSR count). The van der Waals surface area contributed by atoms with E-state index in [1.807, 2.05) is 6.26 Å². The minimum absolute atomic E-state index is 0.157. The molecule has 0 bridgehead atoms. The Hall–Kier alpha value is -0.570. The summed E-state index contributed by atoms with van der Waals surface area (Å²) in [5.74, 6) is 0.157. The Bertz CT molecular complexity index is 482. The van der Waals surface area contributed by atoms with Crippen molar-refractivity contribution >= 4 is 52.4 Å². The van der Waals surface area contributed by atoms with Gasteiger partial charge in [-0.15, -0.1) is 10.2 Å². The summed E-state index contributed by atoms with van der Waals surface area (Å²) in [6.07, 6.45) is 1.95. The van der Waals surface area contributed by atoms with Crippen LogP contribution in [-0.4, -0.2) is 26.4 Å². The van der Waals surface area contributed by atoms with E-state index < -0.39 is 0 Å². The molecular weight excluding hydrogens is 286 g/mol. The monoisotopic (exact) mass is 291 g/mol. The molecule has 84 valence electrons. The standard InChI is InChI=1S/C7H6ClN5S3/c1-14-6-12-13-7(16-6)15-4-2-3(8)10-5(9)11-4/h2H,1H3,(H2,9,10,11). The predicted molar refractivity (Wildman–Crippen MR) is 67.3 cm³/mol. The van der Waals surface area contributed by atoms with Gasteiger partial charge in [-0.3, -0.25) is 0 Å². The molecule has 16 heavy (non-hydrogen) atoms. The molecule has 9 heteroatoms. The number of nitrogens with two attached hydrogens (primary N) is 1. The van der Waals surface area contributed by atoms with Crippen molar-refractivity contribution in [3.63, 3.8) is 0 Å². The molecule has 2 heterocycles. The number of nitrogens with zero attached hydrogens (tertiary/aromatic N) is 4. The SMILES string of the molecule is CSc1nnc(Sc2cc(Cl)nc(N)n2)s1. The average molecular weight is 292 g/mol. The van der Waals surface area contributed by atoms with Gasteiger partial charge in [0.1, 0.15) is 10.2 Å². The predicted octanol–water partition coefficient (Wildman–Crippen LogP) is 2.44. The van der Waals surface area contributed by atoms with Gasteiger partial charge in [0, 0.05) is 6.07 Å². The van der Waals surface area contributed by atoms with E-state index in [4.69, 9.17) is 17.3 Å². The Morgan fingerprint density at radius 1 is 1.31 bits per heavy atom. The maximum atomic E-state index is 5.77. The molecule has 5 nitrogen and oxygen atoms in total. The van der Waals surface area contributed by atoms with E-state index in [1.165, 1.54) is 23.1 Å². The van der Waals surface area contributed by atoms with Crippen LogP contribution in [0.25, 0.3) is 0 Å². The van der Waals surface area contributed by atoms with E-state index in [0.717, 1.165) is 8.68 Å². The third-order valence-corrected chi connectivity index (χ3v) is 4.50. The highest BCUT2D eigenvalue weighted by atomic mass is 35.5. The van der Waals surface area contributed by atoms with Crippen molar-refractivity contribution in [2.75, 3.05) is 12.0 Å². The fraction of sp³-hybridized carbons (Fsp3) is 0.143. The Labute approximate surface area is 109 Å². The molecule has 2 aromatic rings. The highest BCUT2D eigenvalue weighted by molar-refractivity contribution is 8.02. The summed E-state index contributed by atoms with van der Waals surface area (Å²) >= 11 is 10.2. The van der Waals surface area contributed by atoms with Crippen molar-refractivity contribution in [1.29, 1.82) is 0 Å². The van der Waals surface area contributed by atoms with Crippen molar-refractivity contribution in [2.45, 2.75) is 13.7 Å². The number of nitrogen functional groups attached to an aromatic ring is 1. The molecule has 0 aromatic carbocycles. The number of anilines is 1. The molecule has 0 fully saturated rings. The molecule has 0 saturated heterocycles. The molecule has 0 aliphatic carbocycles. The summed E-state index contributed by atoms with van der Waals surface area (Å²) < 4.78 is 1.72. The Kier molecular flexibility index (Phi) is 3.85. The summed E-state index contributed by atoms with van der Waals surface area (Å²) in [6.45, 7) is 0. The van der Waals surface area contributed by atoms with Gasteiger partial charge in [-0.25, -0.2) is 9.97 Å². The third-order valence-electron chi connectivity index (χ3n) is 1.44. The molecule has 0 spiro atoms. The minimum atomic E-state index is 0.157. The number of aromatic nitrogens is 4. The molecule has 2 aromatic heterocycles. The largest absolute Gasteiger partial charge is 0.368 e. The lowest BCUT2D eigenvalue weighted by atomic mass is 10.7. The van der Waals surface area contributed by atoms with Crippen LogP contribution in [0.5, 0.6) is 0 Å². The van der Waals surface area contributed by atoms with Gasteiger partial charge in [0.15, 0.2) is 8.68 Å². The van der Waals surface area contributed by atoms with Crippen molar-refractivity contribution < 1.29 is 0 Å². The molecule has 0 atom stereocenters. The topological polar surface area (TPSA) is 77.6 Å². The highest BCUT2D eigenvalue weighted by Gasteiger charge is 2.08. The quantitative estimate of drug-likeness (QED) is 0.687. The fourth-order valence-corrected chi connectivity index (χ4v) is 3.52. The molecule has 0 aliphatic heterocycles. The van der Waals surface area contributed by atoms with Crippen molar-refractivity contribution in [3.05, 3.63) is 11.2 Å². The number of hydrogen-bond acceptors (Lipinski definition) is 8. The van der Waals surface area contributed by atoms with Gasteiger partial charge in [-0.2, -0.15) is 0 Å². The van der Waals surface area contributed by atoms with E-state index in [-0.39, 0.29) is 5.95 Å². The van der Waals surface area contributed by atoms with Gasteiger partial charge >= 0.3 is 0 Å². The maximum Gasteiger partial charge on any atom is 0.222 e. The van der Waals surface area contributed by atoms with Crippen molar-refractivity contribution in [2.24, 2.45) is 0 Å². The zero-order chi connectivity index (χ0) is 11.5. The van der Waals surface area contributed by atoms with E-state index in [1.54, 1.807) is 17.8 Å². The number of hydrogen-bond donors (Lipinski definition) is 1. The number of rotatable bonds is 3. The minimum Gasteiger partial charge on any atom is -0.368 e. The molecule has 0 aliphatic rings. The molecule has 0 unspecified atom stereocenters. The summed E-state index contributed by atoms with van der Waals surface area (Å²) in [7, 11) is 0. The van der Waals surface area contributed by atoms with Crippen LogP contribution in [0.1, 0.15) is 0 Å². The van der Waals surface area contributed by atoms with Gasteiger partial charge in [-0.05, 0) is 18.0 Å². The third kappa shape index (κ3) is 2.97. The van der Waals surface area contributed by atoms with E-state index >= 15 is 0 Å². The maximum absolute atomic E-state index is 5.77. The van der Waals surface area contributed by atoms with Crippen LogP contribution < -0.4 is 5.73 Å². The Morgan fingerprint density at radius 2 is 2.06 bits per heavy atom. The van der Waals surface area contributed by atoms with E-state index in [9.17, 15) is 0 Å². The Balaban J connectivity index is 2.19. The molecule has 0 saturated carbocycles. The first kappa shape index (κ1) is 11.9. The zero-order valence-electron chi connectivity index (χ0n) is 8.05. The smallest absolute Gasteiger partial charge is 0.222 e. The zero-order valence-corrected chi connectivity index (χ0v) is 11.3. The summed E-state index contributed by atoms with van der Waals surface area (Å²) in [5, 5.41) is 8.98. The van der Waals surface area contributed by atoms with Crippen LogP contribution in [0, 0.1) is 0 Å². The second-order valence-electron chi connectivity index (χ2n) is 2.53.